The van der Waals surface area contributed by atoms with Gasteiger partial charge in [0.15, 0.2) is 0 Å². The van der Waals surface area contributed by atoms with Crippen LogP contribution in [0.3, 0.4) is 0 Å². The van der Waals surface area contributed by atoms with Crippen LogP contribution in [0.1, 0.15) is 37.9 Å². The molecule has 0 heterocycles. The first-order valence-electron chi connectivity index (χ1n) is 6.90. The van der Waals surface area contributed by atoms with Crippen LogP contribution >= 0.6 is 12.4 Å². The van der Waals surface area contributed by atoms with Gasteiger partial charge in [-0.25, -0.2) is 0 Å². The second-order valence-corrected chi connectivity index (χ2v) is 5.06. The van der Waals surface area contributed by atoms with Gasteiger partial charge in [0.05, 0.1) is 11.6 Å². The van der Waals surface area contributed by atoms with E-state index in [0.29, 0.717) is 12.1 Å². The van der Waals surface area contributed by atoms with Crippen LogP contribution in [0, 0.1) is 5.92 Å². The van der Waals surface area contributed by atoms with Gasteiger partial charge in [-0.1, -0.05) is 19.1 Å². The molecule has 1 aromatic rings. The number of halogens is 4. The van der Waals surface area contributed by atoms with Crippen LogP contribution < -0.4 is 5.73 Å². The van der Waals surface area contributed by atoms with E-state index < -0.39 is 17.8 Å². The van der Waals surface area contributed by atoms with Crippen LogP contribution in [0.2, 0.25) is 0 Å². The van der Waals surface area contributed by atoms with E-state index >= 15 is 0 Å². The second-order valence-electron chi connectivity index (χ2n) is 5.06. The minimum atomic E-state index is -4.39. The van der Waals surface area contributed by atoms with E-state index in [1.807, 2.05) is 0 Å². The van der Waals surface area contributed by atoms with Crippen molar-refractivity contribution in [3.05, 3.63) is 35.4 Å². The largest absolute Gasteiger partial charge is 0.416 e. The quantitative estimate of drug-likeness (QED) is 0.891. The molecule has 0 aromatic heterocycles. The summed E-state index contributed by atoms with van der Waals surface area (Å²) in [5.41, 5.74) is 5.25. The van der Waals surface area contributed by atoms with E-state index in [-0.39, 0.29) is 30.8 Å². The van der Waals surface area contributed by atoms with Crippen LogP contribution in [0.15, 0.2) is 24.3 Å². The molecule has 2 atom stereocenters. The number of hydrogen-bond donors (Lipinski definition) is 1. The molecule has 0 aliphatic rings. The minimum absolute atomic E-state index is 0. The smallest absolute Gasteiger partial charge is 0.336 e. The summed E-state index contributed by atoms with van der Waals surface area (Å²) in [6, 6.07) is 4.64. The van der Waals surface area contributed by atoms with Gasteiger partial charge in [-0.3, -0.25) is 4.79 Å². The normalized spacial score (nSPS) is 14.0. The topological polar surface area (TPSA) is 46.3 Å². The maximum Gasteiger partial charge on any atom is 0.416 e. The number of hydrogen-bond acceptors (Lipinski definition) is 2. The van der Waals surface area contributed by atoms with E-state index in [9.17, 15) is 18.0 Å². The second kappa shape index (κ2) is 8.39. The van der Waals surface area contributed by atoms with Crippen molar-refractivity contribution in [2.24, 2.45) is 11.7 Å². The van der Waals surface area contributed by atoms with Gasteiger partial charge in [-0.2, -0.15) is 13.2 Å². The molecule has 2 unspecified atom stereocenters. The molecule has 126 valence electrons. The molecular weight excluding hydrogens is 317 g/mol. The third-order valence-electron chi connectivity index (χ3n) is 3.56. The first kappa shape index (κ1) is 20.7. The molecule has 0 aliphatic carbocycles. The number of rotatable bonds is 5. The average molecular weight is 339 g/mol. The van der Waals surface area contributed by atoms with E-state index in [1.165, 1.54) is 6.07 Å². The molecule has 0 aliphatic heterocycles. The number of carbonyl (C=O) groups is 1. The summed E-state index contributed by atoms with van der Waals surface area (Å²) in [6.07, 6.45) is -4.39. The van der Waals surface area contributed by atoms with Crippen LogP contribution in [0.5, 0.6) is 0 Å². The third-order valence-corrected chi connectivity index (χ3v) is 3.56. The molecule has 0 saturated carbocycles. The molecule has 0 saturated heterocycles. The summed E-state index contributed by atoms with van der Waals surface area (Å²) in [7, 11) is 0. The molecule has 0 bridgehead atoms. The molecule has 3 nitrogen and oxygen atoms in total. The van der Waals surface area contributed by atoms with Crippen molar-refractivity contribution in [1.29, 1.82) is 0 Å². The number of carbonyl (C=O) groups excluding carboxylic acids is 1. The maximum absolute atomic E-state index is 12.8. The zero-order chi connectivity index (χ0) is 16.2. The lowest BCUT2D eigenvalue weighted by Crippen LogP contribution is -2.39. The number of alkyl halides is 3. The first-order chi connectivity index (χ1) is 9.72. The zero-order valence-corrected chi connectivity index (χ0v) is 13.7. The molecule has 0 radical (unpaired) electrons. The van der Waals surface area contributed by atoms with Gasteiger partial charge in [-0.15, -0.1) is 12.4 Å². The van der Waals surface area contributed by atoms with Gasteiger partial charge in [0.1, 0.15) is 0 Å². The van der Waals surface area contributed by atoms with Gasteiger partial charge in [0.2, 0.25) is 5.91 Å². The highest BCUT2D eigenvalue weighted by Crippen LogP contribution is 2.32. The summed E-state index contributed by atoms with van der Waals surface area (Å²) in [5.74, 6) is -0.497. The van der Waals surface area contributed by atoms with Crippen molar-refractivity contribution in [2.45, 2.75) is 33.0 Å². The minimum Gasteiger partial charge on any atom is -0.336 e. The van der Waals surface area contributed by atoms with Crippen molar-refractivity contribution < 1.29 is 18.0 Å². The van der Waals surface area contributed by atoms with Gasteiger partial charge in [-0.05, 0) is 31.5 Å². The van der Waals surface area contributed by atoms with Crippen molar-refractivity contribution in [3.8, 4) is 0 Å². The fourth-order valence-corrected chi connectivity index (χ4v) is 2.16. The van der Waals surface area contributed by atoms with Gasteiger partial charge < -0.3 is 10.6 Å². The summed E-state index contributed by atoms with van der Waals surface area (Å²) in [4.78, 5) is 13.8. The molecule has 0 fully saturated rings. The Morgan fingerprint density at radius 1 is 1.32 bits per heavy atom. The monoisotopic (exact) mass is 338 g/mol. The Hall–Kier alpha value is -1.27. The molecule has 2 N–H and O–H groups in total. The predicted molar refractivity (Wildman–Crippen MR) is 82.7 cm³/mol. The van der Waals surface area contributed by atoms with E-state index in [0.717, 1.165) is 12.1 Å². The fraction of sp³-hybridized carbons (Fsp3) is 0.533. The Balaban J connectivity index is 0.00000441. The van der Waals surface area contributed by atoms with Gasteiger partial charge in [0, 0.05) is 19.0 Å². The van der Waals surface area contributed by atoms with Crippen LogP contribution in [0.4, 0.5) is 13.2 Å². The molecule has 7 heteroatoms. The Labute approximate surface area is 135 Å². The Kier molecular flexibility index (Phi) is 7.90. The summed E-state index contributed by atoms with van der Waals surface area (Å²) >= 11 is 0. The lowest BCUT2D eigenvalue weighted by Gasteiger charge is -2.31. The molecule has 1 rings (SSSR count). The number of amides is 1. The summed E-state index contributed by atoms with van der Waals surface area (Å²) in [5, 5.41) is 0. The molecular formula is C15H22ClF3N2O. The lowest BCUT2D eigenvalue weighted by atomic mass is 10.0. The highest BCUT2D eigenvalue weighted by molar-refractivity contribution is 5.85. The predicted octanol–water partition coefficient (Wildman–Crippen LogP) is 3.63. The van der Waals surface area contributed by atoms with Crippen molar-refractivity contribution in [1.82, 2.24) is 4.90 Å². The average Bonchev–Trinajstić information content (AvgIpc) is 2.46. The Bertz CT molecular complexity index is 494. The van der Waals surface area contributed by atoms with E-state index in [1.54, 1.807) is 31.7 Å². The third kappa shape index (κ3) is 4.88. The Morgan fingerprint density at radius 2 is 1.91 bits per heavy atom. The van der Waals surface area contributed by atoms with Gasteiger partial charge >= 0.3 is 6.18 Å². The van der Waals surface area contributed by atoms with Crippen LogP contribution in [-0.2, 0) is 11.0 Å². The Morgan fingerprint density at radius 3 is 2.36 bits per heavy atom. The molecule has 22 heavy (non-hydrogen) atoms. The van der Waals surface area contributed by atoms with E-state index in [2.05, 4.69) is 0 Å². The molecule has 1 amide bonds. The molecule has 1 aromatic carbocycles. The van der Waals surface area contributed by atoms with Crippen molar-refractivity contribution in [2.75, 3.05) is 13.1 Å². The number of benzene rings is 1. The lowest BCUT2D eigenvalue weighted by molar-refractivity contribution is -0.137. The summed E-state index contributed by atoms with van der Waals surface area (Å²) in [6.45, 7) is 5.86. The van der Waals surface area contributed by atoms with E-state index in [4.69, 9.17) is 5.73 Å². The highest BCUT2D eigenvalue weighted by Gasteiger charge is 2.31. The van der Waals surface area contributed by atoms with Crippen molar-refractivity contribution >= 4 is 18.3 Å². The van der Waals surface area contributed by atoms with Crippen LogP contribution in [0.25, 0.3) is 0 Å². The number of nitrogens with two attached hydrogens (primary N) is 1. The number of nitrogens with zero attached hydrogens (tertiary/aromatic N) is 1. The summed E-state index contributed by atoms with van der Waals surface area (Å²) < 4.78 is 38.3. The fourth-order valence-electron chi connectivity index (χ4n) is 2.16. The van der Waals surface area contributed by atoms with Gasteiger partial charge in [0.25, 0.3) is 0 Å². The SMILES string of the molecule is CCN(C(=O)C(C)CN)C(C)c1cccc(C(F)(F)F)c1.Cl. The maximum atomic E-state index is 12.8. The van der Waals surface area contributed by atoms with Crippen molar-refractivity contribution in [3.63, 3.8) is 0 Å². The first-order valence-corrected chi connectivity index (χ1v) is 6.90. The highest BCUT2D eigenvalue weighted by atomic mass is 35.5. The standard InChI is InChI=1S/C15H21F3N2O.ClH/c1-4-20(14(21)10(2)9-19)11(3)12-6-5-7-13(8-12)15(16,17)18;/h5-8,10-11H,4,9,19H2,1-3H3;1H. The molecule has 0 spiro atoms. The van der Waals surface area contributed by atoms with Crippen LogP contribution in [-0.4, -0.2) is 23.9 Å². The zero-order valence-electron chi connectivity index (χ0n) is 12.9.